The zero-order chi connectivity index (χ0) is 18.4. The zero-order valence-corrected chi connectivity index (χ0v) is 15.0. The largest absolute Gasteiger partial charge is 0.493 e. The van der Waals surface area contributed by atoms with Crippen LogP contribution in [-0.4, -0.2) is 42.5 Å². The Morgan fingerprint density at radius 2 is 1.69 bits per heavy atom. The summed E-state index contributed by atoms with van der Waals surface area (Å²) in [5.74, 6) is 0.554. The van der Waals surface area contributed by atoms with Crippen molar-refractivity contribution < 1.29 is 14.3 Å². The highest BCUT2D eigenvalue weighted by molar-refractivity contribution is 5.97. The van der Waals surface area contributed by atoms with Crippen LogP contribution in [0.25, 0.3) is 0 Å². The molecule has 0 saturated carbocycles. The van der Waals surface area contributed by atoms with Crippen molar-refractivity contribution in [2.45, 2.75) is 25.8 Å². The third-order valence-electron chi connectivity index (χ3n) is 4.57. The van der Waals surface area contributed by atoms with Crippen LogP contribution in [-0.2, 0) is 0 Å². The van der Waals surface area contributed by atoms with Crippen molar-refractivity contribution in [3.63, 3.8) is 0 Å². The molecule has 0 atom stereocenters. The molecule has 0 bridgehead atoms. The van der Waals surface area contributed by atoms with Crippen LogP contribution < -0.4 is 10.1 Å². The SMILES string of the molecule is CCOc1ccccc1C(=O)N1CCC(NC(=O)c2ccccc2)CC1. The maximum absolute atomic E-state index is 12.8. The Morgan fingerprint density at radius 3 is 2.38 bits per heavy atom. The quantitative estimate of drug-likeness (QED) is 0.899. The lowest BCUT2D eigenvalue weighted by Crippen LogP contribution is -2.46. The van der Waals surface area contributed by atoms with Crippen LogP contribution in [0.2, 0.25) is 0 Å². The first-order valence-electron chi connectivity index (χ1n) is 9.06. The molecule has 1 aliphatic rings. The first kappa shape index (κ1) is 18.0. The monoisotopic (exact) mass is 352 g/mol. The van der Waals surface area contributed by atoms with E-state index in [0.717, 1.165) is 12.8 Å². The molecular formula is C21H24N2O3. The van der Waals surface area contributed by atoms with Crippen molar-refractivity contribution in [3.8, 4) is 5.75 Å². The number of benzene rings is 2. The second-order valence-electron chi connectivity index (χ2n) is 6.34. The first-order chi connectivity index (χ1) is 12.7. The summed E-state index contributed by atoms with van der Waals surface area (Å²) in [4.78, 5) is 26.9. The Bertz CT molecular complexity index is 753. The molecule has 1 fully saturated rings. The molecule has 1 heterocycles. The van der Waals surface area contributed by atoms with Gasteiger partial charge >= 0.3 is 0 Å². The van der Waals surface area contributed by atoms with E-state index in [0.29, 0.717) is 36.6 Å². The van der Waals surface area contributed by atoms with E-state index in [1.54, 1.807) is 18.2 Å². The Kier molecular flexibility index (Phi) is 5.89. The summed E-state index contributed by atoms with van der Waals surface area (Å²) in [6.07, 6.45) is 1.50. The molecule has 136 valence electrons. The van der Waals surface area contributed by atoms with E-state index in [1.165, 1.54) is 0 Å². The van der Waals surface area contributed by atoms with Gasteiger partial charge < -0.3 is 15.0 Å². The zero-order valence-electron chi connectivity index (χ0n) is 15.0. The lowest BCUT2D eigenvalue weighted by atomic mass is 10.0. The Labute approximate surface area is 154 Å². The van der Waals surface area contributed by atoms with Crippen molar-refractivity contribution in [1.29, 1.82) is 0 Å². The molecule has 1 saturated heterocycles. The molecule has 1 N–H and O–H groups in total. The molecule has 2 amide bonds. The van der Waals surface area contributed by atoms with Crippen LogP contribution in [0.15, 0.2) is 54.6 Å². The maximum Gasteiger partial charge on any atom is 0.257 e. The molecule has 5 nitrogen and oxygen atoms in total. The molecule has 5 heteroatoms. The number of para-hydroxylation sites is 1. The smallest absolute Gasteiger partial charge is 0.257 e. The van der Waals surface area contributed by atoms with Gasteiger partial charge in [0.15, 0.2) is 0 Å². The van der Waals surface area contributed by atoms with Gasteiger partial charge in [-0.1, -0.05) is 30.3 Å². The highest BCUT2D eigenvalue weighted by atomic mass is 16.5. The van der Waals surface area contributed by atoms with Gasteiger partial charge in [0.05, 0.1) is 12.2 Å². The van der Waals surface area contributed by atoms with Gasteiger partial charge in [-0.05, 0) is 44.0 Å². The number of piperidine rings is 1. The number of likely N-dealkylation sites (tertiary alicyclic amines) is 1. The van der Waals surface area contributed by atoms with Crippen LogP contribution in [0, 0.1) is 0 Å². The molecule has 1 aliphatic heterocycles. The van der Waals surface area contributed by atoms with Crippen LogP contribution in [0.1, 0.15) is 40.5 Å². The molecule has 0 radical (unpaired) electrons. The summed E-state index contributed by atoms with van der Waals surface area (Å²) in [5.41, 5.74) is 1.26. The van der Waals surface area contributed by atoms with Crippen molar-refractivity contribution in [3.05, 3.63) is 65.7 Å². The fourth-order valence-electron chi connectivity index (χ4n) is 3.18. The summed E-state index contributed by atoms with van der Waals surface area (Å²) in [6, 6.07) is 16.6. The summed E-state index contributed by atoms with van der Waals surface area (Å²) in [7, 11) is 0. The van der Waals surface area contributed by atoms with Crippen molar-refractivity contribution >= 4 is 11.8 Å². The van der Waals surface area contributed by atoms with E-state index < -0.39 is 0 Å². The molecule has 0 aliphatic carbocycles. The first-order valence-corrected chi connectivity index (χ1v) is 9.06. The standard InChI is InChI=1S/C21H24N2O3/c1-2-26-19-11-7-6-10-18(19)21(25)23-14-12-17(13-15-23)22-20(24)16-8-4-3-5-9-16/h3-11,17H,2,12-15H2,1H3,(H,22,24). The van der Waals surface area contributed by atoms with Crippen LogP contribution in [0.5, 0.6) is 5.75 Å². The van der Waals surface area contributed by atoms with Gasteiger partial charge in [0.1, 0.15) is 5.75 Å². The molecule has 3 rings (SSSR count). The van der Waals surface area contributed by atoms with Crippen molar-refractivity contribution in [2.24, 2.45) is 0 Å². The molecule has 0 aromatic heterocycles. The highest BCUT2D eigenvalue weighted by Gasteiger charge is 2.26. The minimum absolute atomic E-state index is 0.0121. The van der Waals surface area contributed by atoms with Crippen LogP contribution in [0.4, 0.5) is 0 Å². The number of rotatable bonds is 5. The number of amides is 2. The molecule has 0 spiro atoms. The third kappa shape index (κ3) is 4.23. The average molecular weight is 352 g/mol. The van der Waals surface area contributed by atoms with Crippen molar-refractivity contribution in [2.75, 3.05) is 19.7 Å². The molecule has 0 unspecified atom stereocenters. The number of nitrogens with zero attached hydrogens (tertiary/aromatic N) is 1. The number of carbonyl (C=O) groups excluding carboxylic acids is 2. The second-order valence-corrected chi connectivity index (χ2v) is 6.34. The Morgan fingerprint density at radius 1 is 1.04 bits per heavy atom. The number of nitrogens with one attached hydrogen (secondary N) is 1. The third-order valence-corrected chi connectivity index (χ3v) is 4.57. The van der Waals surface area contributed by atoms with E-state index in [4.69, 9.17) is 4.74 Å². The van der Waals surface area contributed by atoms with Gasteiger partial charge in [0, 0.05) is 24.7 Å². The molecule has 2 aromatic carbocycles. The minimum Gasteiger partial charge on any atom is -0.493 e. The van der Waals surface area contributed by atoms with Gasteiger partial charge in [-0.2, -0.15) is 0 Å². The molecule has 2 aromatic rings. The maximum atomic E-state index is 12.8. The Balaban J connectivity index is 1.57. The van der Waals surface area contributed by atoms with Gasteiger partial charge in [-0.15, -0.1) is 0 Å². The predicted molar refractivity (Wildman–Crippen MR) is 100 cm³/mol. The minimum atomic E-state index is -0.0583. The lowest BCUT2D eigenvalue weighted by molar-refractivity contribution is 0.0694. The molecule has 26 heavy (non-hydrogen) atoms. The fourth-order valence-corrected chi connectivity index (χ4v) is 3.18. The van der Waals surface area contributed by atoms with Gasteiger partial charge in [-0.25, -0.2) is 0 Å². The second kappa shape index (κ2) is 8.52. The fraction of sp³-hybridized carbons (Fsp3) is 0.333. The Hall–Kier alpha value is -2.82. The number of hydrogen-bond donors (Lipinski definition) is 1. The topological polar surface area (TPSA) is 58.6 Å². The van der Waals surface area contributed by atoms with E-state index in [1.807, 2.05) is 48.2 Å². The summed E-state index contributed by atoms with van der Waals surface area (Å²) in [6.45, 7) is 3.68. The van der Waals surface area contributed by atoms with Crippen molar-refractivity contribution in [1.82, 2.24) is 10.2 Å². The van der Waals surface area contributed by atoms with E-state index in [9.17, 15) is 9.59 Å². The number of carbonyl (C=O) groups is 2. The number of ether oxygens (including phenoxy) is 1. The highest BCUT2D eigenvalue weighted by Crippen LogP contribution is 2.22. The normalized spacial score (nSPS) is 14.7. The van der Waals surface area contributed by atoms with Crippen LogP contribution in [0.3, 0.4) is 0 Å². The summed E-state index contributed by atoms with van der Waals surface area (Å²) >= 11 is 0. The molecular weight excluding hydrogens is 328 g/mol. The van der Waals surface area contributed by atoms with Crippen LogP contribution >= 0.6 is 0 Å². The summed E-state index contributed by atoms with van der Waals surface area (Å²) in [5, 5.41) is 3.06. The predicted octanol–water partition coefficient (Wildman–Crippen LogP) is 3.12. The van der Waals surface area contributed by atoms with Gasteiger partial charge in [0.25, 0.3) is 11.8 Å². The van der Waals surface area contributed by atoms with E-state index in [2.05, 4.69) is 5.32 Å². The van der Waals surface area contributed by atoms with Gasteiger partial charge in [0.2, 0.25) is 0 Å². The van der Waals surface area contributed by atoms with E-state index in [-0.39, 0.29) is 17.9 Å². The van der Waals surface area contributed by atoms with Gasteiger partial charge in [-0.3, -0.25) is 9.59 Å². The number of hydrogen-bond acceptors (Lipinski definition) is 3. The average Bonchev–Trinajstić information content (AvgIpc) is 2.69. The summed E-state index contributed by atoms with van der Waals surface area (Å²) < 4.78 is 5.57. The lowest BCUT2D eigenvalue weighted by Gasteiger charge is -2.32. The van der Waals surface area contributed by atoms with E-state index >= 15 is 0 Å².